The molecule has 18 heavy (non-hydrogen) atoms. The van der Waals surface area contributed by atoms with E-state index in [1.807, 2.05) is 12.1 Å². The lowest BCUT2D eigenvalue weighted by Crippen LogP contribution is -2.54. The average molecular weight is 262 g/mol. The first kappa shape index (κ1) is 13.0. The molecule has 1 unspecified atom stereocenters. The SMILES string of the molecule is CN1CC=C2C(C)(C)C(=O)C(C#N)=C[C@@]2(P)C1=O. The number of amides is 1. The Morgan fingerprint density at radius 1 is 1.44 bits per heavy atom. The number of carbonyl (C=O) groups is 2. The van der Waals surface area contributed by atoms with E-state index >= 15 is 0 Å². The molecule has 2 aliphatic rings. The summed E-state index contributed by atoms with van der Waals surface area (Å²) in [6, 6.07) is 1.90. The Balaban J connectivity index is 2.73. The van der Waals surface area contributed by atoms with Crippen LogP contribution < -0.4 is 0 Å². The third kappa shape index (κ3) is 1.47. The van der Waals surface area contributed by atoms with E-state index in [1.165, 1.54) is 6.08 Å². The van der Waals surface area contributed by atoms with Crippen LogP contribution in [0.2, 0.25) is 0 Å². The minimum absolute atomic E-state index is 0.0656. The van der Waals surface area contributed by atoms with E-state index in [2.05, 4.69) is 9.24 Å². The van der Waals surface area contributed by atoms with Gasteiger partial charge in [0, 0.05) is 13.6 Å². The Bertz CT molecular complexity index is 554. The van der Waals surface area contributed by atoms with E-state index in [0.717, 1.165) is 5.57 Å². The van der Waals surface area contributed by atoms with Crippen molar-refractivity contribution in [1.29, 1.82) is 5.26 Å². The molecule has 0 radical (unpaired) electrons. The Morgan fingerprint density at radius 3 is 2.61 bits per heavy atom. The van der Waals surface area contributed by atoms with Crippen molar-refractivity contribution in [1.82, 2.24) is 4.90 Å². The van der Waals surface area contributed by atoms with Crippen molar-refractivity contribution in [3.8, 4) is 6.07 Å². The number of Topliss-reactive ketones (excluding diaryl/α,β-unsaturated/α-hetero) is 1. The van der Waals surface area contributed by atoms with Gasteiger partial charge in [-0.25, -0.2) is 0 Å². The molecule has 0 spiro atoms. The molecule has 0 fully saturated rings. The first-order valence-electron chi connectivity index (χ1n) is 5.68. The smallest absolute Gasteiger partial charge is 0.240 e. The second kappa shape index (κ2) is 3.76. The molecule has 2 rings (SSSR count). The van der Waals surface area contributed by atoms with Gasteiger partial charge in [-0.1, -0.05) is 6.08 Å². The maximum absolute atomic E-state index is 12.3. The zero-order valence-corrected chi connectivity index (χ0v) is 11.8. The molecule has 5 heteroatoms. The zero-order valence-electron chi connectivity index (χ0n) is 10.7. The van der Waals surface area contributed by atoms with Gasteiger partial charge in [0.05, 0.1) is 11.0 Å². The van der Waals surface area contributed by atoms with E-state index < -0.39 is 10.6 Å². The van der Waals surface area contributed by atoms with Crippen LogP contribution in [-0.4, -0.2) is 35.3 Å². The van der Waals surface area contributed by atoms with Crippen molar-refractivity contribution >= 4 is 20.9 Å². The predicted molar refractivity (Wildman–Crippen MR) is 70.6 cm³/mol. The maximum atomic E-state index is 12.3. The summed E-state index contributed by atoms with van der Waals surface area (Å²) in [7, 11) is 4.22. The largest absolute Gasteiger partial charge is 0.341 e. The van der Waals surface area contributed by atoms with Gasteiger partial charge >= 0.3 is 0 Å². The number of hydrogen-bond donors (Lipinski definition) is 0. The molecule has 4 nitrogen and oxygen atoms in total. The molecular formula is C13H15N2O2P. The molecule has 1 aliphatic carbocycles. The van der Waals surface area contributed by atoms with Gasteiger partial charge in [-0.05, 0) is 25.5 Å². The average Bonchev–Trinajstić information content (AvgIpc) is 2.31. The standard InChI is InChI=1S/C13H15N2O2P/c1-12(2)9-4-5-15(3)11(17)13(9,18)6-8(7-14)10(12)16/h4,6H,5,18H2,1-3H3/t13-/m0/s1. The quantitative estimate of drug-likeness (QED) is 0.484. The Morgan fingerprint density at radius 2 is 2.06 bits per heavy atom. The number of ketones is 1. The van der Waals surface area contributed by atoms with E-state index in [-0.39, 0.29) is 17.3 Å². The number of allylic oxidation sites excluding steroid dienone is 1. The summed E-state index contributed by atoms with van der Waals surface area (Å²) in [5, 5.41) is 8.11. The third-order valence-electron chi connectivity index (χ3n) is 3.69. The number of fused-ring (bicyclic) bond motifs is 1. The second-order valence-electron chi connectivity index (χ2n) is 5.30. The molecule has 1 amide bonds. The van der Waals surface area contributed by atoms with Crippen LogP contribution in [-0.2, 0) is 9.59 Å². The molecule has 0 bridgehead atoms. The molecule has 0 aromatic heterocycles. The summed E-state index contributed by atoms with van der Waals surface area (Å²) >= 11 is 0. The van der Waals surface area contributed by atoms with Gasteiger partial charge in [-0.3, -0.25) is 9.59 Å². The molecule has 0 aromatic rings. The van der Waals surface area contributed by atoms with Crippen molar-refractivity contribution in [2.24, 2.45) is 5.41 Å². The lowest BCUT2D eigenvalue weighted by Gasteiger charge is -2.45. The maximum Gasteiger partial charge on any atom is 0.240 e. The summed E-state index contributed by atoms with van der Waals surface area (Å²) in [4.78, 5) is 26.1. The van der Waals surface area contributed by atoms with Crippen molar-refractivity contribution in [2.75, 3.05) is 13.6 Å². The molecular weight excluding hydrogens is 247 g/mol. The fourth-order valence-corrected chi connectivity index (χ4v) is 3.52. The van der Waals surface area contributed by atoms with E-state index in [9.17, 15) is 9.59 Å². The molecule has 94 valence electrons. The number of carbonyl (C=O) groups excluding carboxylic acids is 2. The van der Waals surface area contributed by atoms with Gasteiger partial charge in [-0.2, -0.15) is 5.26 Å². The Kier molecular flexibility index (Phi) is 2.72. The molecule has 0 saturated carbocycles. The highest BCUT2D eigenvalue weighted by atomic mass is 31.0. The lowest BCUT2D eigenvalue weighted by molar-refractivity contribution is -0.131. The van der Waals surface area contributed by atoms with Gasteiger partial charge in [0.2, 0.25) is 5.91 Å². The topological polar surface area (TPSA) is 61.2 Å². The van der Waals surface area contributed by atoms with Crippen LogP contribution >= 0.6 is 9.24 Å². The molecule has 0 N–H and O–H groups in total. The summed E-state index contributed by atoms with van der Waals surface area (Å²) in [6.07, 6.45) is 3.39. The second-order valence-corrected chi connectivity index (χ2v) is 6.21. The lowest BCUT2D eigenvalue weighted by atomic mass is 9.66. The van der Waals surface area contributed by atoms with E-state index in [1.54, 1.807) is 25.8 Å². The minimum atomic E-state index is -0.949. The monoisotopic (exact) mass is 262 g/mol. The molecule has 0 saturated heterocycles. The van der Waals surface area contributed by atoms with Crippen molar-refractivity contribution in [3.63, 3.8) is 0 Å². The highest BCUT2D eigenvalue weighted by Crippen LogP contribution is 2.49. The summed E-state index contributed by atoms with van der Waals surface area (Å²) < 4.78 is 0. The van der Waals surface area contributed by atoms with Gasteiger partial charge in [-0.15, -0.1) is 9.24 Å². The van der Waals surface area contributed by atoms with Crippen LogP contribution in [0.1, 0.15) is 13.8 Å². The fraction of sp³-hybridized carbons (Fsp3) is 0.462. The van der Waals surface area contributed by atoms with Gasteiger partial charge < -0.3 is 4.90 Å². The molecule has 1 heterocycles. The Labute approximate surface area is 109 Å². The highest BCUT2D eigenvalue weighted by molar-refractivity contribution is 7.22. The number of hydrogen-bond acceptors (Lipinski definition) is 3. The number of rotatable bonds is 0. The summed E-state index contributed by atoms with van der Waals surface area (Å²) in [6.45, 7) is 4.03. The van der Waals surface area contributed by atoms with Gasteiger partial charge in [0.15, 0.2) is 5.78 Å². The molecule has 1 aliphatic heterocycles. The van der Waals surface area contributed by atoms with Crippen LogP contribution in [0, 0.1) is 16.7 Å². The predicted octanol–water partition coefficient (Wildman–Crippen LogP) is 1.06. The highest BCUT2D eigenvalue weighted by Gasteiger charge is 2.52. The minimum Gasteiger partial charge on any atom is -0.341 e. The van der Waals surface area contributed by atoms with Crippen molar-refractivity contribution in [2.45, 2.75) is 19.0 Å². The molecule has 0 aromatic carbocycles. The summed E-state index contributed by atoms with van der Waals surface area (Å²) in [5.74, 6) is -0.315. The Hall–Kier alpha value is -1.46. The number of nitrogens with zero attached hydrogens (tertiary/aromatic N) is 2. The van der Waals surface area contributed by atoms with E-state index in [0.29, 0.717) is 6.54 Å². The van der Waals surface area contributed by atoms with Crippen LogP contribution in [0.15, 0.2) is 23.3 Å². The van der Waals surface area contributed by atoms with Crippen LogP contribution in [0.4, 0.5) is 0 Å². The molecule has 2 atom stereocenters. The first-order chi connectivity index (χ1) is 8.25. The van der Waals surface area contributed by atoms with E-state index in [4.69, 9.17) is 5.26 Å². The van der Waals surface area contributed by atoms with Crippen LogP contribution in [0.25, 0.3) is 0 Å². The van der Waals surface area contributed by atoms with Gasteiger partial charge in [0.1, 0.15) is 11.2 Å². The van der Waals surface area contributed by atoms with Crippen molar-refractivity contribution in [3.05, 3.63) is 23.3 Å². The normalized spacial score (nSPS) is 30.3. The first-order valence-corrected chi connectivity index (χ1v) is 6.26. The van der Waals surface area contributed by atoms with Crippen LogP contribution in [0.3, 0.4) is 0 Å². The van der Waals surface area contributed by atoms with Crippen molar-refractivity contribution < 1.29 is 9.59 Å². The van der Waals surface area contributed by atoms with Gasteiger partial charge in [0.25, 0.3) is 0 Å². The number of likely N-dealkylation sites (N-methyl/N-ethyl adjacent to an activating group) is 1. The van der Waals surface area contributed by atoms with Crippen LogP contribution in [0.5, 0.6) is 0 Å². The zero-order chi connectivity index (χ0) is 13.7. The summed E-state index contributed by atoms with van der Waals surface area (Å²) in [5.41, 5.74) is 0.0290. The fourth-order valence-electron chi connectivity index (χ4n) is 2.66. The number of nitriles is 1. The third-order valence-corrected chi connectivity index (χ3v) is 4.42.